The van der Waals surface area contributed by atoms with Crippen molar-refractivity contribution >= 4 is 11.6 Å². The zero-order valence-corrected chi connectivity index (χ0v) is 11.8. The van der Waals surface area contributed by atoms with E-state index in [2.05, 4.69) is 19.2 Å². The largest absolute Gasteiger partial charge is 0.396 e. The second-order valence-electron chi connectivity index (χ2n) is 6.09. The van der Waals surface area contributed by atoms with Crippen LogP contribution in [0, 0.1) is 17.0 Å². The lowest BCUT2D eigenvalue weighted by atomic mass is 9.73. The van der Waals surface area contributed by atoms with E-state index in [0.717, 1.165) is 37.8 Å². The first-order valence-corrected chi connectivity index (χ1v) is 6.87. The Morgan fingerprint density at radius 1 is 1.35 bits per heavy atom. The number of nitrogens with two attached hydrogens (primary N) is 1. The van der Waals surface area contributed by atoms with Gasteiger partial charge in [-0.15, -0.1) is 0 Å². The number of hydrogen-bond acceptors (Lipinski definition) is 2. The van der Waals surface area contributed by atoms with Crippen LogP contribution in [0.5, 0.6) is 0 Å². The summed E-state index contributed by atoms with van der Waals surface area (Å²) in [4.78, 5) is 12.1. The van der Waals surface area contributed by atoms with Crippen LogP contribution in [0.3, 0.4) is 0 Å². The molecule has 0 spiro atoms. The number of halogens is 2. The molecule has 1 unspecified atom stereocenters. The highest BCUT2D eigenvalue weighted by atomic mass is 19.1. The Kier molecular flexibility index (Phi) is 3.97. The Balaban J connectivity index is 2.23. The van der Waals surface area contributed by atoms with Crippen molar-refractivity contribution in [3.8, 4) is 0 Å². The van der Waals surface area contributed by atoms with E-state index in [9.17, 15) is 13.6 Å². The Labute approximate surface area is 117 Å². The van der Waals surface area contributed by atoms with Crippen LogP contribution >= 0.6 is 0 Å². The molecule has 0 saturated heterocycles. The highest BCUT2D eigenvalue weighted by Gasteiger charge is 2.34. The molecule has 1 aliphatic rings. The Morgan fingerprint density at radius 3 is 2.70 bits per heavy atom. The van der Waals surface area contributed by atoms with E-state index < -0.39 is 23.1 Å². The first-order chi connectivity index (χ1) is 9.33. The van der Waals surface area contributed by atoms with Crippen LogP contribution in [0.2, 0.25) is 0 Å². The first-order valence-electron chi connectivity index (χ1n) is 6.87. The fraction of sp³-hybridized carbons (Fsp3) is 0.533. The average Bonchev–Trinajstić information content (AvgIpc) is 2.37. The van der Waals surface area contributed by atoms with Crippen molar-refractivity contribution in [3.63, 3.8) is 0 Å². The molecule has 1 saturated carbocycles. The van der Waals surface area contributed by atoms with Crippen LogP contribution in [-0.4, -0.2) is 11.9 Å². The predicted molar refractivity (Wildman–Crippen MR) is 74.3 cm³/mol. The molecular formula is C15H20F2N2O. The summed E-state index contributed by atoms with van der Waals surface area (Å²) in [6.45, 7) is 4.12. The van der Waals surface area contributed by atoms with Gasteiger partial charge in [-0.1, -0.05) is 26.7 Å². The molecule has 20 heavy (non-hydrogen) atoms. The molecule has 3 nitrogen and oxygen atoms in total. The van der Waals surface area contributed by atoms with Gasteiger partial charge in [0.25, 0.3) is 5.91 Å². The minimum Gasteiger partial charge on any atom is -0.396 e. The summed E-state index contributed by atoms with van der Waals surface area (Å²) in [7, 11) is 0. The quantitative estimate of drug-likeness (QED) is 0.818. The van der Waals surface area contributed by atoms with E-state index in [1.807, 2.05) is 0 Å². The van der Waals surface area contributed by atoms with Crippen molar-refractivity contribution in [3.05, 3.63) is 29.3 Å². The van der Waals surface area contributed by atoms with Gasteiger partial charge < -0.3 is 11.1 Å². The Hall–Kier alpha value is -1.65. The SMILES string of the molecule is CC1(C)CCCCC1NC(=O)c1c(F)ccc(N)c1F. The number of hydrogen-bond donors (Lipinski definition) is 2. The summed E-state index contributed by atoms with van der Waals surface area (Å²) in [5.74, 6) is -2.61. The van der Waals surface area contributed by atoms with Gasteiger partial charge >= 0.3 is 0 Å². The maximum Gasteiger partial charge on any atom is 0.257 e. The Morgan fingerprint density at radius 2 is 2.05 bits per heavy atom. The molecule has 3 N–H and O–H groups in total. The van der Waals surface area contributed by atoms with Crippen LogP contribution in [0.1, 0.15) is 49.9 Å². The van der Waals surface area contributed by atoms with Crippen molar-refractivity contribution in [2.24, 2.45) is 5.41 Å². The molecule has 1 aliphatic carbocycles. The van der Waals surface area contributed by atoms with E-state index in [0.29, 0.717) is 0 Å². The maximum atomic E-state index is 13.8. The van der Waals surface area contributed by atoms with Gasteiger partial charge in [0.1, 0.15) is 11.4 Å². The molecule has 0 heterocycles. The van der Waals surface area contributed by atoms with Crippen LogP contribution in [0.25, 0.3) is 0 Å². The molecule has 0 bridgehead atoms. The number of nitrogens with one attached hydrogen (secondary N) is 1. The van der Waals surface area contributed by atoms with Gasteiger partial charge in [-0.05, 0) is 30.4 Å². The smallest absolute Gasteiger partial charge is 0.257 e. The van der Waals surface area contributed by atoms with E-state index in [-0.39, 0.29) is 17.1 Å². The lowest BCUT2D eigenvalue weighted by Crippen LogP contribution is -2.47. The third-order valence-electron chi connectivity index (χ3n) is 4.16. The van der Waals surface area contributed by atoms with Crippen LogP contribution < -0.4 is 11.1 Å². The molecule has 110 valence electrons. The summed E-state index contributed by atoms with van der Waals surface area (Å²) in [5, 5.41) is 2.76. The summed E-state index contributed by atoms with van der Waals surface area (Å²) in [6, 6.07) is 2.05. The second-order valence-corrected chi connectivity index (χ2v) is 6.09. The molecule has 0 radical (unpaired) electrons. The number of anilines is 1. The van der Waals surface area contributed by atoms with Gasteiger partial charge in [0.15, 0.2) is 5.82 Å². The predicted octanol–water partition coefficient (Wildman–Crippen LogP) is 3.25. The van der Waals surface area contributed by atoms with E-state index in [1.165, 1.54) is 0 Å². The van der Waals surface area contributed by atoms with Crippen molar-refractivity contribution in [1.82, 2.24) is 5.32 Å². The highest BCUT2D eigenvalue weighted by Crippen LogP contribution is 2.35. The molecule has 1 fully saturated rings. The number of amides is 1. The highest BCUT2D eigenvalue weighted by molar-refractivity contribution is 5.96. The van der Waals surface area contributed by atoms with Crippen molar-refractivity contribution in [2.45, 2.75) is 45.6 Å². The van der Waals surface area contributed by atoms with Gasteiger partial charge in [-0.25, -0.2) is 8.78 Å². The van der Waals surface area contributed by atoms with Crippen LogP contribution in [0.15, 0.2) is 12.1 Å². The number of carbonyl (C=O) groups is 1. The molecule has 2 rings (SSSR count). The number of carbonyl (C=O) groups excluding carboxylic acids is 1. The van der Waals surface area contributed by atoms with Crippen LogP contribution in [0.4, 0.5) is 14.5 Å². The molecule has 5 heteroatoms. The van der Waals surface area contributed by atoms with E-state index in [4.69, 9.17) is 5.73 Å². The molecule has 1 aromatic rings. The molecule has 1 amide bonds. The van der Waals surface area contributed by atoms with Gasteiger partial charge in [-0.2, -0.15) is 0 Å². The summed E-state index contributed by atoms with van der Waals surface area (Å²) in [5.41, 5.74) is 4.51. The summed E-state index contributed by atoms with van der Waals surface area (Å²) < 4.78 is 27.5. The summed E-state index contributed by atoms with van der Waals surface area (Å²) >= 11 is 0. The van der Waals surface area contributed by atoms with Gasteiger partial charge in [0.05, 0.1) is 5.69 Å². The zero-order chi connectivity index (χ0) is 14.9. The normalized spacial score (nSPS) is 21.5. The lowest BCUT2D eigenvalue weighted by molar-refractivity contribution is 0.0845. The number of benzene rings is 1. The fourth-order valence-electron chi connectivity index (χ4n) is 2.77. The van der Waals surface area contributed by atoms with Crippen LogP contribution in [-0.2, 0) is 0 Å². The van der Waals surface area contributed by atoms with Crippen molar-refractivity contribution in [1.29, 1.82) is 0 Å². The van der Waals surface area contributed by atoms with Gasteiger partial charge in [-0.3, -0.25) is 4.79 Å². The molecule has 1 atom stereocenters. The van der Waals surface area contributed by atoms with Gasteiger partial charge in [0.2, 0.25) is 0 Å². The molecule has 1 aromatic carbocycles. The van der Waals surface area contributed by atoms with E-state index in [1.54, 1.807) is 0 Å². The minimum absolute atomic E-state index is 0.0683. The van der Waals surface area contributed by atoms with Gasteiger partial charge in [0, 0.05) is 6.04 Å². The topological polar surface area (TPSA) is 55.1 Å². The standard InChI is InChI=1S/C15H20F2N2O/c1-15(2)8-4-3-5-11(15)19-14(20)12-9(16)6-7-10(18)13(12)17/h6-7,11H,3-5,8,18H2,1-2H3,(H,19,20). The number of rotatable bonds is 2. The van der Waals surface area contributed by atoms with Crippen molar-refractivity contribution in [2.75, 3.05) is 5.73 Å². The number of nitrogen functional groups attached to an aromatic ring is 1. The summed E-state index contributed by atoms with van der Waals surface area (Å²) in [6.07, 6.45) is 3.93. The third kappa shape index (κ3) is 2.76. The second kappa shape index (κ2) is 5.38. The first kappa shape index (κ1) is 14.8. The third-order valence-corrected chi connectivity index (χ3v) is 4.16. The van der Waals surface area contributed by atoms with Crippen molar-refractivity contribution < 1.29 is 13.6 Å². The average molecular weight is 282 g/mol. The fourth-order valence-corrected chi connectivity index (χ4v) is 2.77. The van der Waals surface area contributed by atoms with E-state index >= 15 is 0 Å². The Bertz CT molecular complexity index is 529. The minimum atomic E-state index is -0.990. The maximum absolute atomic E-state index is 13.8. The zero-order valence-electron chi connectivity index (χ0n) is 11.8. The monoisotopic (exact) mass is 282 g/mol. The molecular weight excluding hydrogens is 262 g/mol. The lowest BCUT2D eigenvalue weighted by Gasteiger charge is -2.39. The molecule has 0 aromatic heterocycles. The molecule has 0 aliphatic heterocycles.